The summed E-state index contributed by atoms with van der Waals surface area (Å²) in [5.41, 5.74) is 12.5. The van der Waals surface area contributed by atoms with Crippen LogP contribution < -0.4 is 19.4 Å². The Morgan fingerprint density at radius 3 is 1.92 bits per heavy atom. The summed E-state index contributed by atoms with van der Waals surface area (Å²) in [4.78, 5) is 11.5. The maximum atomic E-state index is 6.55. The standard InChI is InChI=1S/C55H50N5O.Pt/c1-53(2,3)37-20-27-48-45(32-37)44-26-25-43(35-51(44)60(48)52-33-38(28-29-56-52)54(4,5)6)61-42-15-13-14-41(34-42)58-31-30-57(36-58)39-21-23-40(24-22-39)59-49-18-11-9-16-46(49)55(7,8)47-17-10-12-19-50(47)59;/h9-33,36H,1-8H3;/q-3;. The molecular weight excluding hydrogens is 942 g/mol. The molecule has 0 atom stereocenters. The molecule has 0 aliphatic carbocycles. The smallest absolute Gasteiger partial charge is 0.135 e. The van der Waals surface area contributed by atoms with Crippen LogP contribution in [0.5, 0.6) is 11.5 Å². The summed E-state index contributed by atoms with van der Waals surface area (Å²) in [7, 11) is 0. The first kappa shape index (κ1) is 41.3. The molecule has 0 saturated heterocycles. The number of nitrogens with zero attached hydrogens (tertiary/aromatic N) is 5. The van der Waals surface area contributed by atoms with Crippen molar-refractivity contribution in [1.29, 1.82) is 0 Å². The van der Waals surface area contributed by atoms with Gasteiger partial charge in [0.1, 0.15) is 5.82 Å². The van der Waals surface area contributed by atoms with Crippen LogP contribution in [0.3, 0.4) is 0 Å². The second-order valence-electron chi connectivity index (χ2n) is 18.8. The number of para-hydroxylation sites is 2. The van der Waals surface area contributed by atoms with E-state index in [1.807, 2.05) is 36.7 Å². The third-order valence-electron chi connectivity index (χ3n) is 12.3. The zero-order valence-electron chi connectivity index (χ0n) is 36.5. The molecule has 0 amide bonds. The topological polar surface area (TPSA) is 36.8 Å². The van der Waals surface area contributed by atoms with Crippen LogP contribution in [0.15, 0.2) is 152 Å². The first-order valence-electron chi connectivity index (χ1n) is 21.1. The van der Waals surface area contributed by atoms with Gasteiger partial charge in [-0.05, 0) is 105 Å². The summed E-state index contributed by atoms with van der Waals surface area (Å²) >= 11 is 0. The molecule has 0 bridgehead atoms. The second-order valence-corrected chi connectivity index (χ2v) is 18.8. The fourth-order valence-corrected chi connectivity index (χ4v) is 8.83. The van der Waals surface area contributed by atoms with Crippen molar-refractivity contribution in [2.75, 3.05) is 14.7 Å². The Hall–Kier alpha value is -6.10. The molecule has 0 saturated carbocycles. The van der Waals surface area contributed by atoms with Gasteiger partial charge >= 0.3 is 0 Å². The number of hydrogen-bond donors (Lipinski definition) is 0. The Balaban J connectivity index is 0.00000490. The van der Waals surface area contributed by atoms with Crippen molar-refractivity contribution >= 4 is 50.2 Å². The van der Waals surface area contributed by atoms with Crippen molar-refractivity contribution in [1.82, 2.24) is 9.55 Å². The minimum absolute atomic E-state index is 0. The molecule has 10 rings (SSSR count). The predicted octanol–water partition coefficient (Wildman–Crippen LogP) is 14.2. The van der Waals surface area contributed by atoms with Gasteiger partial charge in [0, 0.05) is 61.1 Å². The summed E-state index contributed by atoms with van der Waals surface area (Å²) in [6.07, 6.45) is 6.02. The first-order chi connectivity index (χ1) is 29.2. The van der Waals surface area contributed by atoms with Crippen LogP contribution in [-0.2, 0) is 37.3 Å². The van der Waals surface area contributed by atoms with Gasteiger partial charge in [0.25, 0.3) is 0 Å². The van der Waals surface area contributed by atoms with Crippen molar-refractivity contribution in [3.05, 3.63) is 193 Å². The number of rotatable bonds is 6. The number of fused-ring (bicyclic) bond motifs is 5. The zero-order chi connectivity index (χ0) is 42.3. The van der Waals surface area contributed by atoms with E-state index in [-0.39, 0.29) is 37.3 Å². The van der Waals surface area contributed by atoms with Gasteiger partial charge in [-0.1, -0.05) is 109 Å². The molecule has 6 nitrogen and oxygen atoms in total. The van der Waals surface area contributed by atoms with Crippen LogP contribution in [0, 0.1) is 18.8 Å². The van der Waals surface area contributed by atoms with Crippen LogP contribution in [0.25, 0.3) is 27.6 Å². The van der Waals surface area contributed by atoms with E-state index < -0.39 is 0 Å². The van der Waals surface area contributed by atoms with E-state index >= 15 is 0 Å². The van der Waals surface area contributed by atoms with Crippen molar-refractivity contribution in [2.24, 2.45) is 0 Å². The molecule has 0 unspecified atom stereocenters. The number of aromatic nitrogens is 2. The molecule has 2 aliphatic rings. The van der Waals surface area contributed by atoms with Crippen LogP contribution in [-0.4, -0.2) is 9.55 Å². The molecule has 314 valence electrons. The minimum atomic E-state index is -0.0947. The first-order valence-corrected chi connectivity index (χ1v) is 21.1. The van der Waals surface area contributed by atoms with Gasteiger partial charge in [0.2, 0.25) is 0 Å². The SMILES string of the molecule is CC(C)(C)c1ccnc(-n2c3[c-]c(Oc4[c-]c(N5C=CN(c6ccc(N7c8ccccc8C(C)(C)c8ccccc87)cc6)[CH-]5)ccc4)ccc3c3cc(C(C)(C)C)ccc32)c1.[Pt]. The van der Waals surface area contributed by atoms with Gasteiger partial charge in [-0.15, -0.1) is 48.1 Å². The Morgan fingerprint density at radius 1 is 0.597 bits per heavy atom. The number of pyridine rings is 1. The van der Waals surface area contributed by atoms with Crippen LogP contribution in [0.2, 0.25) is 0 Å². The van der Waals surface area contributed by atoms with Gasteiger partial charge in [-0.2, -0.15) is 12.1 Å². The van der Waals surface area contributed by atoms with E-state index in [9.17, 15) is 0 Å². The molecule has 7 heteroatoms. The average molecular weight is 992 g/mol. The molecule has 0 radical (unpaired) electrons. The number of hydrogen-bond acceptors (Lipinski definition) is 5. The Kier molecular flexibility index (Phi) is 10.2. The normalized spacial score (nSPS) is 14.5. The van der Waals surface area contributed by atoms with Gasteiger partial charge in [-0.3, -0.25) is 0 Å². The molecule has 8 aromatic rings. The quantitative estimate of drug-likeness (QED) is 0.155. The number of ether oxygens (including phenoxy) is 1. The molecular formula is C55H50N5OPt-3. The van der Waals surface area contributed by atoms with Gasteiger partial charge in [0.15, 0.2) is 0 Å². The third kappa shape index (κ3) is 7.18. The summed E-state index contributed by atoms with van der Waals surface area (Å²) in [5.74, 6) is 2.08. The van der Waals surface area contributed by atoms with Gasteiger partial charge in [-0.25, -0.2) is 4.98 Å². The van der Waals surface area contributed by atoms with Crippen molar-refractivity contribution in [2.45, 2.75) is 71.6 Å². The molecule has 0 spiro atoms. The Labute approximate surface area is 380 Å². The largest absolute Gasteiger partial charge is 0.509 e. The summed E-state index contributed by atoms with van der Waals surface area (Å²) in [6.45, 7) is 20.2. The van der Waals surface area contributed by atoms with E-state index in [1.165, 1.54) is 39.0 Å². The van der Waals surface area contributed by atoms with E-state index in [4.69, 9.17) is 9.72 Å². The van der Waals surface area contributed by atoms with Crippen molar-refractivity contribution < 1.29 is 25.8 Å². The zero-order valence-corrected chi connectivity index (χ0v) is 38.7. The summed E-state index contributed by atoms with van der Waals surface area (Å²) in [5, 5.41) is 2.28. The van der Waals surface area contributed by atoms with E-state index in [0.717, 1.165) is 39.3 Å². The molecule has 0 fully saturated rings. The number of benzene rings is 6. The van der Waals surface area contributed by atoms with Crippen LogP contribution in [0.1, 0.15) is 77.6 Å². The molecule has 4 heterocycles. The van der Waals surface area contributed by atoms with Crippen molar-refractivity contribution in [3.63, 3.8) is 0 Å². The molecule has 2 aromatic heterocycles. The monoisotopic (exact) mass is 991 g/mol. The Morgan fingerprint density at radius 2 is 1.23 bits per heavy atom. The van der Waals surface area contributed by atoms with Crippen LogP contribution in [0.4, 0.5) is 28.4 Å². The fraction of sp³-hybridized carbons (Fsp3) is 0.200. The van der Waals surface area contributed by atoms with Gasteiger partial charge in [0.05, 0.1) is 11.4 Å². The van der Waals surface area contributed by atoms with Crippen molar-refractivity contribution in [3.8, 4) is 17.3 Å². The molecule has 6 aromatic carbocycles. The number of anilines is 5. The Bertz CT molecular complexity index is 2950. The van der Waals surface area contributed by atoms with E-state index in [1.54, 1.807) is 0 Å². The molecule has 62 heavy (non-hydrogen) atoms. The van der Waals surface area contributed by atoms with Gasteiger partial charge < -0.3 is 24.0 Å². The van der Waals surface area contributed by atoms with E-state index in [0.29, 0.717) is 11.5 Å². The second kappa shape index (κ2) is 15.4. The maximum Gasteiger partial charge on any atom is 0.135 e. The molecule has 2 aliphatic heterocycles. The fourth-order valence-electron chi connectivity index (χ4n) is 8.83. The molecule has 0 N–H and O–H groups in total. The third-order valence-corrected chi connectivity index (χ3v) is 12.3. The maximum absolute atomic E-state index is 6.55. The predicted molar refractivity (Wildman–Crippen MR) is 252 cm³/mol. The van der Waals surface area contributed by atoms with Crippen LogP contribution >= 0.6 is 0 Å². The average Bonchev–Trinajstić information content (AvgIpc) is 3.87. The minimum Gasteiger partial charge on any atom is -0.509 e. The van der Waals surface area contributed by atoms with E-state index in [2.05, 4.69) is 209 Å². The summed E-state index contributed by atoms with van der Waals surface area (Å²) < 4.78 is 8.76. The summed E-state index contributed by atoms with van der Waals surface area (Å²) in [6, 6.07) is 54.6.